The molecule has 2 aromatic carbocycles. The van der Waals surface area contributed by atoms with E-state index in [9.17, 15) is 0 Å². The highest BCUT2D eigenvalue weighted by Crippen LogP contribution is 2.22. The summed E-state index contributed by atoms with van der Waals surface area (Å²) in [6.07, 6.45) is 3.12. The largest absolute Gasteiger partial charge is 0.327 e. The third-order valence-electron chi connectivity index (χ3n) is 5.75. The zero-order valence-electron chi connectivity index (χ0n) is 18.3. The predicted octanol–water partition coefficient (Wildman–Crippen LogP) is 5.43. The molecule has 1 unspecified atom stereocenters. The second-order valence-corrected chi connectivity index (χ2v) is 8.39. The van der Waals surface area contributed by atoms with Crippen molar-refractivity contribution < 1.29 is 0 Å². The zero-order valence-corrected chi connectivity index (χ0v) is 18.3. The number of fused-ring (bicyclic) bond motifs is 1. The van der Waals surface area contributed by atoms with Gasteiger partial charge in [-0.1, -0.05) is 44.2 Å². The molecule has 0 radical (unpaired) electrons. The molecule has 5 heteroatoms. The van der Waals surface area contributed by atoms with Gasteiger partial charge in [-0.15, -0.1) is 0 Å². The molecule has 30 heavy (non-hydrogen) atoms. The van der Waals surface area contributed by atoms with Gasteiger partial charge in [0.1, 0.15) is 5.82 Å². The number of para-hydroxylation sites is 3. The zero-order chi connectivity index (χ0) is 21.1. The molecule has 0 aliphatic carbocycles. The molecule has 5 nitrogen and oxygen atoms in total. The van der Waals surface area contributed by atoms with Crippen molar-refractivity contribution in [2.24, 2.45) is 5.92 Å². The van der Waals surface area contributed by atoms with Crippen LogP contribution in [0.5, 0.6) is 0 Å². The van der Waals surface area contributed by atoms with Crippen LogP contribution in [0.4, 0.5) is 0 Å². The van der Waals surface area contributed by atoms with Crippen LogP contribution in [0.2, 0.25) is 0 Å². The molecule has 4 rings (SSSR count). The second-order valence-electron chi connectivity index (χ2n) is 8.39. The molecule has 4 aromatic rings. The Bertz CT molecular complexity index is 1110. The van der Waals surface area contributed by atoms with Gasteiger partial charge in [-0.25, -0.2) is 9.67 Å². The Morgan fingerprint density at radius 2 is 1.70 bits per heavy atom. The second kappa shape index (κ2) is 8.84. The summed E-state index contributed by atoms with van der Waals surface area (Å²) in [6, 6.07) is 18.9. The van der Waals surface area contributed by atoms with Crippen molar-refractivity contribution >= 4 is 11.0 Å². The first-order valence-corrected chi connectivity index (χ1v) is 10.8. The van der Waals surface area contributed by atoms with E-state index in [1.807, 2.05) is 29.1 Å². The lowest BCUT2D eigenvalue weighted by atomic mass is 10.1. The van der Waals surface area contributed by atoms with E-state index in [0.29, 0.717) is 5.92 Å². The van der Waals surface area contributed by atoms with E-state index in [4.69, 9.17) is 4.98 Å². The van der Waals surface area contributed by atoms with Gasteiger partial charge in [0.2, 0.25) is 0 Å². The molecule has 0 aliphatic heterocycles. The smallest absolute Gasteiger partial charge is 0.123 e. The molecular formula is C25H31N5. The molecule has 1 atom stereocenters. The molecule has 2 aromatic heterocycles. The number of benzene rings is 2. The number of aromatic nitrogens is 4. The van der Waals surface area contributed by atoms with Gasteiger partial charge in [-0.3, -0.25) is 0 Å². The molecule has 0 saturated carbocycles. The van der Waals surface area contributed by atoms with Gasteiger partial charge in [0.15, 0.2) is 0 Å². The SMILES string of the molecule is Cc1c(C(C)NCc2nc3ccccc3n2CCC(C)C)cnn1-c1ccccc1. The fourth-order valence-electron chi connectivity index (χ4n) is 3.93. The maximum atomic E-state index is 4.91. The van der Waals surface area contributed by atoms with Crippen LogP contribution in [-0.2, 0) is 13.1 Å². The highest BCUT2D eigenvalue weighted by atomic mass is 15.3. The van der Waals surface area contributed by atoms with Gasteiger partial charge in [-0.05, 0) is 50.5 Å². The summed E-state index contributed by atoms with van der Waals surface area (Å²) in [6.45, 7) is 10.6. The Morgan fingerprint density at radius 1 is 0.967 bits per heavy atom. The summed E-state index contributed by atoms with van der Waals surface area (Å²) in [4.78, 5) is 4.91. The van der Waals surface area contributed by atoms with Gasteiger partial charge < -0.3 is 9.88 Å². The van der Waals surface area contributed by atoms with Crippen molar-refractivity contribution in [3.8, 4) is 5.69 Å². The van der Waals surface area contributed by atoms with Gasteiger partial charge in [0.25, 0.3) is 0 Å². The van der Waals surface area contributed by atoms with Crippen molar-refractivity contribution in [3.63, 3.8) is 0 Å². The molecule has 0 saturated heterocycles. The van der Waals surface area contributed by atoms with E-state index < -0.39 is 0 Å². The third kappa shape index (κ3) is 4.17. The van der Waals surface area contributed by atoms with Gasteiger partial charge in [0.05, 0.1) is 29.5 Å². The lowest BCUT2D eigenvalue weighted by molar-refractivity contribution is 0.491. The molecule has 0 fully saturated rings. The number of nitrogens with one attached hydrogen (secondary N) is 1. The predicted molar refractivity (Wildman–Crippen MR) is 123 cm³/mol. The summed E-state index contributed by atoms with van der Waals surface area (Å²) in [7, 11) is 0. The van der Waals surface area contributed by atoms with Crippen LogP contribution >= 0.6 is 0 Å². The Balaban J connectivity index is 1.53. The van der Waals surface area contributed by atoms with Crippen molar-refractivity contribution in [2.75, 3.05) is 0 Å². The van der Waals surface area contributed by atoms with Crippen LogP contribution in [0.3, 0.4) is 0 Å². The fraction of sp³-hybridized carbons (Fsp3) is 0.360. The van der Waals surface area contributed by atoms with E-state index >= 15 is 0 Å². The van der Waals surface area contributed by atoms with Crippen molar-refractivity contribution in [1.82, 2.24) is 24.6 Å². The average Bonchev–Trinajstić information content (AvgIpc) is 3.31. The summed E-state index contributed by atoms with van der Waals surface area (Å²) >= 11 is 0. The molecule has 0 bridgehead atoms. The lowest BCUT2D eigenvalue weighted by Crippen LogP contribution is -2.21. The molecular weight excluding hydrogens is 370 g/mol. The minimum absolute atomic E-state index is 0.181. The van der Waals surface area contributed by atoms with E-state index in [-0.39, 0.29) is 6.04 Å². The number of hydrogen-bond donors (Lipinski definition) is 1. The lowest BCUT2D eigenvalue weighted by Gasteiger charge is -2.16. The summed E-state index contributed by atoms with van der Waals surface area (Å²) in [5.41, 5.74) is 5.75. The number of nitrogens with zero attached hydrogens (tertiary/aromatic N) is 4. The molecule has 156 valence electrons. The number of rotatable bonds is 8. The van der Waals surface area contributed by atoms with Crippen LogP contribution in [0.1, 0.15) is 50.3 Å². The molecule has 2 heterocycles. The maximum absolute atomic E-state index is 4.91. The van der Waals surface area contributed by atoms with Crippen LogP contribution in [-0.4, -0.2) is 19.3 Å². The summed E-state index contributed by atoms with van der Waals surface area (Å²) in [5.74, 6) is 1.76. The number of aryl methyl sites for hydroxylation is 1. The normalized spacial score (nSPS) is 12.7. The van der Waals surface area contributed by atoms with Crippen LogP contribution in [0, 0.1) is 12.8 Å². The molecule has 1 N–H and O–H groups in total. The standard InChI is InChI=1S/C25H31N5/c1-18(2)14-15-29-24-13-9-8-12-23(24)28-25(29)17-26-19(3)22-16-27-30(20(22)4)21-10-6-5-7-11-21/h5-13,16,18-19,26H,14-15,17H2,1-4H3. The highest BCUT2D eigenvalue weighted by molar-refractivity contribution is 5.75. The van der Waals surface area contributed by atoms with Gasteiger partial charge >= 0.3 is 0 Å². The average molecular weight is 402 g/mol. The van der Waals surface area contributed by atoms with E-state index in [1.54, 1.807) is 0 Å². The Labute approximate surface area is 178 Å². The Kier molecular flexibility index (Phi) is 6.00. The monoisotopic (exact) mass is 401 g/mol. The first-order chi connectivity index (χ1) is 14.5. The first kappa shape index (κ1) is 20.4. The van der Waals surface area contributed by atoms with Gasteiger partial charge in [0, 0.05) is 23.8 Å². The van der Waals surface area contributed by atoms with Crippen LogP contribution in [0.25, 0.3) is 16.7 Å². The highest BCUT2D eigenvalue weighted by Gasteiger charge is 2.16. The summed E-state index contributed by atoms with van der Waals surface area (Å²) < 4.78 is 4.38. The third-order valence-corrected chi connectivity index (χ3v) is 5.75. The quantitative estimate of drug-likeness (QED) is 0.428. The summed E-state index contributed by atoms with van der Waals surface area (Å²) in [5, 5.41) is 8.29. The van der Waals surface area contributed by atoms with Crippen molar-refractivity contribution in [2.45, 2.75) is 53.2 Å². The first-order valence-electron chi connectivity index (χ1n) is 10.8. The van der Waals surface area contributed by atoms with Crippen molar-refractivity contribution in [3.05, 3.63) is 77.9 Å². The molecule has 0 spiro atoms. The van der Waals surface area contributed by atoms with Crippen LogP contribution in [0.15, 0.2) is 60.8 Å². The number of imidazole rings is 1. The van der Waals surface area contributed by atoms with E-state index in [1.165, 1.54) is 11.1 Å². The topological polar surface area (TPSA) is 47.7 Å². The Morgan fingerprint density at radius 3 is 2.47 bits per heavy atom. The minimum Gasteiger partial charge on any atom is -0.327 e. The minimum atomic E-state index is 0.181. The molecule has 0 aliphatic rings. The number of hydrogen-bond acceptors (Lipinski definition) is 3. The van der Waals surface area contributed by atoms with E-state index in [2.05, 4.69) is 79.1 Å². The van der Waals surface area contributed by atoms with E-state index in [0.717, 1.165) is 42.2 Å². The van der Waals surface area contributed by atoms with Crippen molar-refractivity contribution in [1.29, 1.82) is 0 Å². The van der Waals surface area contributed by atoms with Crippen LogP contribution < -0.4 is 5.32 Å². The fourth-order valence-corrected chi connectivity index (χ4v) is 3.93. The maximum Gasteiger partial charge on any atom is 0.123 e. The van der Waals surface area contributed by atoms with Gasteiger partial charge in [-0.2, -0.15) is 5.10 Å². The Hall–Kier alpha value is -2.92. The molecule has 0 amide bonds.